The number of benzene rings is 1. The Labute approximate surface area is 112 Å². The molecule has 1 N–H and O–H groups in total. The minimum absolute atomic E-state index is 0.434. The van der Waals surface area contributed by atoms with Crippen LogP contribution in [0.1, 0.15) is 30.9 Å². The molecule has 0 radical (unpaired) electrons. The maximum Gasteiger partial charge on any atom is 0.101 e. The SMILES string of the molecule is OC(C1=CCCC1)c1cc(I)ccc1Br. The number of aliphatic hydroxyl groups is 1. The Morgan fingerprint density at radius 3 is 2.87 bits per heavy atom. The molecule has 1 unspecified atom stereocenters. The highest BCUT2D eigenvalue weighted by Gasteiger charge is 2.18. The Kier molecular flexibility index (Phi) is 3.85. The fourth-order valence-electron chi connectivity index (χ4n) is 1.87. The third kappa shape index (κ3) is 2.63. The zero-order valence-electron chi connectivity index (χ0n) is 8.21. The van der Waals surface area contributed by atoms with E-state index < -0.39 is 6.10 Å². The van der Waals surface area contributed by atoms with Gasteiger partial charge in [0.1, 0.15) is 6.10 Å². The summed E-state index contributed by atoms with van der Waals surface area (Å²) in [6, 6.07) is 6.06. The predicted molar refractivity (Wildman–Crippen MR) is 73.8 cm³/mol. The van der Waals surface area contributed by atoms with Crippen LogP contribution in [0.3, 0.4) is 0 Å². The Morgan fingerprint density at radius 1 is 1.40 bits per heavy atom. The zero-order chi connectivity index (χ0) is 10.8. The molecule has 0 heterocycles. The Morgan fingerprint density at radius 2 is 2.20 bits per heavy atom. The Bertz CT molecular complexity index is 401. The number of rotatable bonds is 2. The van der Waals surface area contributed by atoms with Gasteiger partial charge < -0.3 is 5.11 Å². The molecule has 1 aromatic carbocycles. The summed E-state index contributed by atoms with van der Waals surface area (Å²) in [5.41, 5.74) is 2.15. The molecular weight excluding hydrogens is 367 g/mol. The Balaban J connectivity index is 2.31. The van der Waals surface area contributed by atoms with E-state index in [1.165, 1.54) is 6.42 Å². The van der Waals surface area contributed by atoms with E-state index in [0.29, 0.717) is 0 Å². The van der Waals surface area contributed by atoms with E-state index in [1.807, 2.05) is 18.2 Å². The van der Waals surface area contributed by atoms with Crippen molar-refractivity contribution in [1.82, 2.24) is 0 Å². The van der Waals surface area contributed by atoms with Crippen molar-refractivity contribution >= 4 is 38.5 Å². The molecule has 0 amide bonds. The maximum absolute atomic E-state index is 10.2. The minimum Gasteiger partial charge on any atom is -0.384 e. The van der Waals surface area contributed by atoms with Crippen LogP contribution in [0.25, 0.3) is 0 Å². The monoisotopic (exact) mass is 378 g/mol. The number of hydrogen-bond donors (Lipinski definition) is 1. The lowest BCUT2D eigenvalue weighted by molar-refractivity contribution is 0.212. The lowest BCUT2D eigenvalue weighted by Crippen LogP contribution is -2.01. The van der Waals surface area contributed by atoms with Gasteiger partial charge in [0.25, 0.3) is 0 Å². The van der Waals surface area contributed by atoms with Crippen LogP contribution in [0.15, 0.2) is 34.3 Å². The first-order valence-corrected chi connectivity index (χ1v) is 6.87. The minimum atomic E-state index is -0.434. The molecule has 0 aliphatic heterocycles. The van der Waals surface area contributed by atoms with Gasteiger partial charge in [-0.25, -0.2) is 0 Å². The average Bonchev–Trinajstić information content (AvgIpc) is 2.74. The summed E-state index contributed by atoms with van der Waals surface area (Å²) in [6.45, 7) is 0. The van der Waals surface area contributed by atoms with E-state index in [9.17, 15) is 5.11 Å². The number of hydrogen-bond acceptors (Lipinski definition) is 1. The topological polar surface area (TPSA) is 20.2 Å². The molecule has 3 heteroatoms. The molecule has 80 valence electrons. The summed E-state index contributed by atoms with van der Waals surface area (Å²) < 4.78 is 2.15. The van der Waals surface area contributed by atoms with Crippen molar-refractivity contribution in [2.45, 2.75) is 25.4 Å². The number of halogens is 2. The van der Waals surface area contributed by atoms with Crippen molar-refractivity contribution < 1.29 is 5.11 Å². The molecule has 0 saturated carbocycles. The van der Waals surface area contributed by atoms with Gasteiger partial charge in [-0.1, -0.05) is 22.0 Å². The van der Waals surface area contributed by atoms with Crippen LogP contribution in [0.2, 0.25) is 0 Å². The van der Waals surface area contributed by atoms with Gasteiger partial charge in [0.2, 0.25) is 0 Å². The maximum atomic E-state index is 10.2. The van der Waals surface area contributed by atoms with E-state index in [1.54, 1.807) is 0 Å². The summed E-state index contributed by atoms with van der Waals surface area (Å²) in [5.74, 6) is 0. The van der Waals surface area contributed by atoms with E-state index in [2.05, 4.69) is 44.6 Å². The molecule has 1 aliphatic carbocycles. The van der Waals surface area contributed by atoms with Crippen LogP contribution in [0, 0.1) is 3.57 Å². The van der Waals surface area contributed by atoms with Crippen LogP contribution in [0.5, 0.6) is 0 Å². The fourth-order valence-corrected chi connectivity index (χ4v) is 2.85. The van der Waals surface area contributed by atoms with Crippen molar-refractivity contribution in [3.05, 3.63) is 43.5 Å². The molecule has 15 heavy (non-hydrogen) atoms. The standard InChI is InChI=1S/C12H12BrIO/c13-11-6-5-9(14)7-10(11)12(15)8-3-1-2-4-8/h3,5-7,12,15H,1-2,4H2. The van der Waals surface area contributed by atoms with Gasteiger partial charge in [-0.2, -0.15) is 0 Å². The summed E-state index contributed by atoms with van der Waals surface area (Å²) >= 11 is 5.75. The van der Waals surface area contributed by atoms with Gasteiger partial charge in [-0.15, -0.1) is 0 Å². The highest BCUT2D eigenvalue weighted by Crippen LogP contribution is 2.34. The van der Waals surface area contributed by atoms with Gasteiger partial charge >= 0.3 is 0 Å². The van der Waals surface area contributed by atoms with Crippen LogP contribution < -0.4 is 0 Å². The number of aliphatic hydroxyl groups excluding tert-OH is 1. The predicted octanol–water partition coefficient (Wildman–Crippen LogP) is 4.20. The molecule has 1 aromatic rings. The summed E-state index contributed by atoms with van der Waals surface area (Å²) in [4.78, 5) is 0. The quantitative estimate of drug-likeness (QED) is 0.604. The first-order chi connectivity index (χ1) is 7.18. The molecular formula is C12H12BrIO. The molecule has 1 atom stereocenters. The average molecular weight is 379 g/mol. The third-order valence-electron chi connectivity index (χ3n) is 2.68. The molecule has 0 spiro atoms. The highest BCUT2D eigenvalue weighted by atomic mass is 127. The molecule has 0 saturated heterocycles. The van der Waals surface area contributed by atoms with Gasteiger partial charge in [0.05, 0.1) is 0 Å². The second-order valence-electron chi connectivity index (χ2n) is 3.74. The second-order valence-corrected chi connectivity index (χ2v) is 5.84. The van der Waals surface area contributed by atoms with E-state index in [4.69, 9.17) is 0 Å². The van der Waals surface area contributed by atoms with Crippen molar-refractivity contribution in [3.8, 4) is 0 Å². The van der Waals surface area contributed by atoms with Crippen molar-refractivity contribution in [3.63, 3.8) is 0 Å². The van der Waals surface area contributed by atoms with Crippen LogP contribution in [0.4, 0.5) is 0 Å². The lowest BCUT2D eigenvalue weighted by atomic mass is 10.0. The smallest absolute Gasteiger partial charge is 0.101 e. The third-order valence-corrected chi connectivity index (χ3v) is 4.07. The molecule has 2 rings (SSSR count). The Hall–Kier alpha value is 0.130. The highest BCUT2D eigenvalue weighted by molar-refractivity contribution is 14.1. The molecule has 0 fully saturated rings. The van der Waals surface area contributed by atoms with Gasteiger partial charge in [-0.05, 0) is 71.2 Å². The fraction of sp³-hybridized carbons (Fsp3) is 0.333. The zero-order valence-corrected chi connectivity index (χ0v) is 12.0. The normalized spacial score (nSPS) is 17.7. The van der Waals surface area contributed by atoms with Crippen LogP contribution in [-0.4, -0.2) is 5.11 Å². The van der Waals surface area contributed by atoms with Crippen molar-refractivity contribution in [1.29, 1.82) is 0 Å². The number of allylic oxidation sites excluding steroid dienone is 1. The van der Waals surface area contributed by atoms with E-state index >= 15 is 0 Å². The summed E-state index contributed by atoms with van der Waals surface area (Å²) in [6.07, 6.45) is 5.04. The summed E-state index contributed by atoms with van der Waals surface area (Å²) in [5, 5.41) is 10.2. The van der Waals surface area contributed by atoms with E-state index in [0.717, 1.165) is 32.0 Å². The van der Waals surface area contributed by atoms with Crippen molar-refractivity contribution in [2.75, 3.05) is 0 Å². The second kappa shape index (κ2) is 4.97. The van der Waals surface area contributed by atoms with Gasteiger partial charge in [0.15, 0.2) is 0 Å². The lowest BCUT2D eigenvalue weighted by Gasteiger charge is -2.14. The molecule has 0 bridgehead atoms. The van der Waals surface area contributed by atoms with Crippen LogP contribution >= 0.6 is 38.5 Å². The van der Waals surface area contributed by atoms with Crippen molar-refractivity contribution in [2.24, 2.45) is 0 Å². The molecule has 1 nitrogen and oxygen atoms in total. The summed E-state index contributed by atoms with van der Waals surface area (Å²) in [7, 11) is 0. The van der Waals surface area contributed by atoms with E-state index in [-0.39, 0.29) is 0 Å². The largest absolute Gasteiger partial charge is 0.384 e. The van der Waals surface area contributed by atoms with Gasteiger partial charge in [0, 0.05) is 8.04 Å². The van der Waals surface area contributed by atoms with Crippen LogP contribution in [-0.2, 0) is 0 Å². The first-order valence-electron chi connectivity index (χ1n) is 5.00. The van der Waals surface area contributed by atoms with Gasteiger partial charge in [-0.3, -0.25) is 0 Å². The molecule has 0 aromatic heterocycles. The molecule has 1 aliphatic rings. The first kappa shape index (κ1) is 11.6.